The van der Waals surface area contributed by atoms with Gasteiger partial charge in [0.05, 0.1) is 24.3 Å². The Kier molecular flexibility index (Phi) is 7.02. The molecule has 0 radical (unpaired) electrons. The van der Waals surface area contributed by atoms with Gasteiger partial charge in [-0.1, -0.05) is 28.1 Å². The number of phenolic OH excluding ortho intramolecular Hbond substituents is 1. The summed E-state index contributed by atoms with van der Waals surface area (Å²) in [7, 11) is 5.33. The summed E-state index contributed by atoms with van der Waals surface area (Å²) in [6, 6.07) is 10.9. The number of aliphatic hydroxyl groups excluding tert-OH is 1. The molecule has 0 aliphatic carbocycles. The maximum atomic E-state index is 13.0. The van der Waals surface area contributed by atoms with Gasteiger partial charge < -0.3 is 24.7 Å². The van der Waals surface area contributed by atoms with E-state index in [0.29, 0.717) is 24.3 Å². The second kappa shape index (κ2) is 9.53. The molecule has 1 saturated heterocycles. The third kappa shape index (κ3) is 4.75. The van der Waals surface area contributed by atoms with Crippen LogP contribution in [0, 0.1) is 0 Å². The smallest absolute Gasteiger partial charge is 0.295 e. The zero-order chi connectivity index (χ0) is 22.7. The van der Waals surface area contributed by atoms with Gasteiger partial charge in [-0.15, -0.1) is 0 Å². The number of benzene rings is 2. The normalized spacial score (nSPS) is 18.1. The molecule has 164 valence electrons. The van der Waals surface area contributed by atoms with E-state index in [0.717, 1.165) is 11.0 Å². The van der Waals surface area contributed by atoms with Gasteiger partial charge in [-0.2, -0.15) is 0 Å². The van der Waals surface area contributed by atoms with Gasteiger partial charge in [0.15, 0.2) is 0 Å². The first kappa shape index (κ1) is 22.8. The molecule has 3 rings (SSSR count). The predicted molar refractivity (Wildman–Crippen MR) is 121 cm³/mol. The number of amides is 1. The minimum atomic E-state index is -0.773. The molecule has 7 nitrogen and oxygen atoms in total. The van der Waals surface area contributed by atoms with Crippen LogP contribution in [0.4, 0.5) is 0 Å². The van der Waals surface area contributed by atoms with Crippen molar-refractivity contribution < 1.29 is 24.5 Å². The van der Waals surface area contributed by atoms with Crippen LogP contribution in [0.25, 0.3) is 5.76 Å². The van der Waals surface area contributed by atoms with Crippen molar-refractivity contribution in [2.75, 3.05) is 34.3 Å². The lowest BCUT2D eigenvalue weighted by molar-refractivity contribution is -0.139. The number of likely N-dealkylation sites (tertiary alicyclic amines) is 1. The molecule has 1 heterocycles. The molecule has 0 aromatic heterocycles. The summed E-state index contributed by atoms with van der Waals surface area (Å²) in [5.41, 5.74) is 0.716. The van der Waals surface area contributed by atoms with E-state index in [1.54, 1.807) is 18.2 Å². The number of aliphatic hydroxyl groups is 1. The van der Waals surface area contributed by atoms with Crippen molar-refractivity contribution >= 4 is 33.4 Å². The fraction of sp³-hybridized carbons (Fsp3) is 0.304. The summed E-state index contributed by atoms with van der Waals surface area (Å²) >= 11 is 3.40. The Hall–Kier alpha value is -2.84. The van der Waals surface area contributed by atoms with E-state index >= 15 is 0 Å². The van der Waals surface area contributed by atoms with Gasteiger partial charge in [0.25, 0.3) is 11.7 Å². The number of halogens is 1. The number of hydrogen-bond donors (Lipinski definition) is 2. The maximum absolute atomic E-state index is 13.0. The first-order chi connectivity index (χ1) is 14.7. The topological polar surface area (TPSA) is 90.3 Å². The summed E-state index contributed by atoms with van der Waals surface area (Å²) in [5.74, 6) is -1.69. The van der Waals surface area contributed by atoms with Crippen LogP contribution in [0.15, 0.2) is 52.5 Å². The Labute approximate surface area is 189 Å². The summed E-state index contributed by atoms with van der Waals surface area (Å²) in [6.07, 6.45) is 0.668. The second-order valence-electron chi connectivity index (χ2n) is 7.58. The zero-order valence-corrected chi connectivity index (χ0v) is 19.2. The summed E-state index contributed by atoms with van der Waals surface area (Å²) in [4.78, 5) is 29.4. The number of nitrogens with zero attached hydrogens (tertiary/aromatic N) is 2. The Morgan fingerprint density at radius 3 is 2.42 bits per heavy atom. The van der Waals surface area contributed by atoms with Crippen LogP contribution >= 0.6 is 15.9 Å². The molecular weight excluding hydrogens is 464 g/mol. The minimum Gasteiger partial charge on any atom is -0.507 e. The van der Waals surface area contributed by atoms with Crippen LogP contribution in [0.2, 0.25) is 0 Å². The molecule has 2 aromatic carbocycles. The molecule has 8 heteroatoms. The van der Waals surface area contributed by atoms with E-state index < -0.39 is 23.5 Å². The molecule has 1 fully saturated rings. The molecule has 2 aromatic rings. The SMILES string of the molecule is COc1ccc(/C(O)=C2\C(=O)C(=O)N(CCCN(C)C)C2c2ccc(Br)cc2)c(O)c1. The van der Waals surface area contributed by atoms with Gasteiger partial charge in [0.2, 0.25) is 0 Å². The lowest BCUT2D eigenvalue weighted by atomic mass is 9.95. The molecule has 1 aliphatic heterocycles. The summed E-state index contributed by atoms with van der Waals surface area (Å²) in [6.45, 7) is 1.10. The number of Topliss-reactive ketones (excluding diaryl/α,β-unsaturated/α-hetero) is 1. The van der Waals surface area contributed by atoms with Gasteiger partial charge in [-0.05, 0) is 56.9 Å². The number of aromatic hydroxyl groups is 1. The Morgan fingerprint density at radius 2 is 1.84 bits per heavy atom. The van der Waals surface area contributed by atoms with Crippen LogP contribution in [0.1, 0.15) is 23.6 Å². The average Bonchev–Trinajstić information content (AvgIpc) is 2.98. The van der Waals surface area contributed by atoms with E-state index in [1.165, 1.54) is 24.1 Å². The highest BCUT2D eigenvalue weighted by atomic mass is 79.9. The first-order valence-corrected chi connectivity index (χ1v) is 10.6. The standard InChI is InChI=1S/C23H25BrN2O5/c1-25(2)11-4-12-26-20(14-5-7-15(24)8-6-14)19(22(29)23(26)30)21(28)17-10-9-16(31-3)13-18(17)27/h5-10,13,20,27-28H,4,11-12H2,1-3H3/b21-19+. The predicted octanol–water partition coefficient (Wildman–Crippen LogP) is 3.54. The second-order valence-corrected chi connectivity index (χ2v) is 8.50. The van der Waals surface area contributed by atoms with E-state index in [1.807, 2.05) is 31.1 Å². The number of phenols is 1. The average molecular weight is 489 g/mol. The number of carbonyl (C=O) groups excluding carboxylic acids is 2. The highest BCUT2D eigenvalue weighted by molar-refractivity contribution is 9.10. The van der Waals surface area contributed by atoms with Gasteiger partial charge in [-0.3, -0.25) is 9.59 Å². The van der Waals surface area contributed by atoms with Crippen LogP contribution in [-0.4, -0.2) is 66.0 Å². The van der Waals surface area contributed by atoms with Crippen LogP contribution in [0.5, 0.6) is 11.5 Å². The lowest BCUT2D eigenvalue weighted by Crippen LogP contribution is -2.32. The molecule has 1 atom stereocenters. The molecule has 1 aliphatic rings. The van der Waals surface area contributed by atoms with Crippen molar-refractivity contribution in [1.82, 2.24) is 9.80 Å². The Morgan fingerprint density at radius 1 is 1.16 bits per heavy atom. The fourth-order valence-corrected chi connectivity index (χ4v) is 3.91. The Balaban J connectivity index is 2.11. The highest BCUT2D eigenvalue weighted by Crippen LogP contribution is 2.41. The molecule has 31 heavy (non-hydrogen) atoms. The number of methoxy groups -OCH3 is 1. The van der Waals surface area contributed by atoms with Crippen molar-refractivity contribution in [2.45, 2.75) is 12.5 Å². The van der Waals surface area contributed by atoms with Crippen molar-refractivity contribution in [3.8, 4) is 11.5 Å². The van der Waals surface area contributed by atoms with Gasteiger partial charge in [0.1, 0.15) is 17.3 Å². The van der Waals surface area contributed by atoms with Crippen LogP contribution in [-0.2, 0) is 9.59 Å². The third-order valence-corrected chi connectivity index (χ3v) is 5.72. The van der Waals surface area contributed by atoms with Crippen molar-refractivity contribution in [2.24, 2.45) is 0 Å². The molecule has 1 unspecified atom stereocenters. The number of ketones is 1. The van der Waals surface area contributed by atoms with E-state index in [9.17, 15) is 19.8 Å². The van der Waals surface area contributed by atoms with Crippen LogP contribution in [0.3, 0.4) is 0 Å². The Bertz CT molecular complexity index is 1020. The maximum Gasteiger partial charge on any atom is 0.295 e. The van der Waals surface area contributed by atoms with E-state index in [4.69, 9.17) is 4.74 Å². The molecule has 2 N–H and O–H groups in total. The number of carbonyl (C=O) groups is 2. The van der Waals surface area contributed by atoms with Crippen molar-refractivity contribution in [3.63, 3.8) is 0 Å². The molecular formula is C23H25BrN2O5. The summed E-state index contributed by atoms with van der Waals surface area (Å²) < 4.78 is 5.94. The van der Waals surface area contributed by atoms with Crippen LogP contribution < -0.4 is 4.74 Å². The molecule has 0 spiro atoms. The molecule has 0 saturated carbocycles. The van der Waals surface area contributed by atoms with Gasteiger partial charge in [0, 0.05) is 17.1 Å². The highest BCUT2D eigenvalue weighted by Gasteiger charge is 2.46. The summed E-state index contributed by atoms with van der Waals surface area (Å²) in [5, 5.41) is 21.4. The first-order valence-electron chi connectivity index (χ1n) is 9.80. The lowest BCUT2D eigenvalue weighted by Gasteiger charge is -2.26. The molecule has 1 amide bonds. The molecule has 0 bridgehead atoms. The van der Waals surface area contributed by atoms with E-state index in [-0.39, 0.29) is 16.9 Å². The van der Waals surface area contributed by atoms with Crippen molar-refractivity contribution in [3.05, 3.63) is 63.6 Å². The quantitative estimate of drug-likeness (QED) is 0.352. The third-order valence-electron chi connectivity index (χ3n) is 5.19. The van der Waals surface area contributed by atoms with Crippen molar-refractivity contribution in [1.29, 1.82) is 0 Å². The van der Waals surface area contributed by atoms with Gasteiger partial charge >= 0.3 is 0 Å². The zero-order valence-electron chi connectivity index (χ0n) is 17.6. The van der Waals surface area contributed by atoms with Gasteiger partial charge in [-0.25, -0.2) is 0 Å². The monoisotopic (exact) mass is 488 g/mol. The minimum absolute atomic E-state index is 0.0438. The number of ether oxygens (including phenoxy) is 1. The number of hydrogen-bond acceptors (Lipinski definition) is 6. The fourth-order valence-electron chi connectivity index (χ4n) is 3.64. The van der Waals surface area contributed by atoms with E-state index in [2.05, 4.69) is 15.9 Å². The largest absolute Gasteiger partial charge is 0.507 e. The number of rotatable bonds is 7.